The van der Waals surface area contributed by atoms with Gasteiger partial charge >= 0.3 is 0 Å². The fourth-order valence-corrected chi connectivity index (χ4v) is 4.01. The SMILES string of the molecule is Cn1c(-c2cccnc2)nnc1N1CCCCC1c1nnn(-c2cccc(Cl)c2)n1. The Hall–Kier alpha value is -3.33. The largest absolute Gasteiger partial charge is 0.330 e. The Morgan fingerprint density at radius 1 is 1.07 bits per heavy atom. The van der Waals surface area contributed by atoms with Crippen molar-refractivity contribution in [1.29, 1.82) is 0 Å². The predicted molar refractivity (Wildman–Crippen MR) is 112 cm³/mol. The van der Waals surface area contributed by atoms with E-state index in [2.05, 4.69) is 35.5 Å². The van der Waals surface area contributed by atoms with Crippen LogP contribution < -0.4 is 4.90 Å². The molecule has 0 aliphatic carbocycles. The summed E-state index contributed by atoms with van der Waals surface area (Å²) in [4.78, 5) is 7.93. The molecule has 0 bridgehead atoms. The lowest BCUT2D eigenvalue weighted by Gasteiger charge is -2.34. The number of piperidine rings is 1. The lowest BCUT2D eigenvalue weighted by atomic mass is 10.0. The Labute approximate surface area is 178 Å². The summed E-state index contributed by atoms with van der Waals surface area (Å²) >= 11 is 6.10. The first-order valence-corrected chi connectivity index (χ1v) is 10.2. The van der Waals surface area contributed by atoms with Crippen molar-refractivity contribution < 1.29 is 0 Å². The number of benzene rings is 1. The van der Waals surface area contributed by atoms with Gasteiger partial charge in [0.25, 0.3) is 0 Å². The Balaban J connectivity index is 1.47. The monoisotopic (exact) mass is 421 g/mol. The summed E-state index contributed by atoms with van der Waals surface area (Å²) in [5, 5.41) is 22.8. The summed E-state index contributed by atoms with van der Waals surface area (Å²) in [5.74, 6) is 2.23. The van der Waals surface area contributed by atoms with Gasteiger partial charge in [0.05, 0.1) is 11.7 Å². The van der Waals surface area contributed by atoms with E-state index < -0.39 is 0 Å². The molecule has 30 heavy (non-hydrogen) atoms. The highest BCUT2D eigenvalue weighted by Crippen LogP contribution is 2.33. The normalized spacial score (nSPS) is 16.7. The molecule has 1 fully saturated rings. The molecular weight excluding hydrogens is 402 g/mol. The van der Waals surface area contributed by atoms with Gasteiger partial charge in [-0.05, 0) is 54.8 Å². The molecule has 4 heterocycles. The highest BCUT2D eigenvalue weighted by atomic mass is 35.5. The highest BCUT2D eigenvalue weighted by Gasteiger charge is 2.31. The van der Waals surface area contributed by atoms with Crippen LogP contribution in [-0.2, 0) is 7.05 Å². The summed E-state index contributed by atoms with van der Waals surface area (Å²) in [7, 11) is 1.97. The van der Waals surface area contributed by atoms with Crippen LogP contribution in [-0.4, -0.2) is 46.5 Å². The maximum Gasteiger partial charge on any atom is 0.227 e. The minimum Gasteiger partial charge on any atom is -0.330 e. The Bertz CT molecular complexity index is 1150. The van der Waals surface area contributed by atoms with Gasteiger partial charge in [-0.2, -0.15) is 0 Å². The third-order valence-electron chi connectivity index (χ3n) is 5.30. The molecule has 4 aromatic rings. The molecule has 5 rings (SSSR count). The van der Waals surface area contributed by atoms with Gasteiger partial charge in [0.2, 0.25) is 5.95 Å². The third kappa shape index (κ3) is 3.41. The highest BCUT2D eigenvalue weighted by molar-refractivity contribution is 6.30. The van der Waals surface area contributed by atoms with E-state index in [-0.39, 0.29) is 6.04 Å². The summed E-state index contributed by atoms with van der Waals surface area (Å²) in [5.41, 5.74) is 1.71. The van der Waals surface area contributed by atoms with Gasteiger partial charge in [-0.25, -0.2) is 0 Å². The first kappa shape index (κ1) is 18.7. The van der Waals surface area contributed by atoms with E-state index >= 15 is 0 Å². The molecule has 10 heteroatoms. The van der Waals surface area contributed by atoms with Crippen LogP contribution >= 0.6 is 11.6 Å². The van der Waals surface area contributed by atoms with Crippen LogP contribution in [0.5, 0.6) is 0 Å². The van der Waals surface area contributed by atoms with Crippen molar-refractivity contribution in [1.82, 2.24) is 40.0 Å². The van der Waals surface area contributed by atoms with E-state index in [1.807, 2.05) is 48.0 Å². The summed E-state index contributed by atoms with van der Waals surface area (Å²) in [6.45, 7) is 0.857. The lowest BCUT2D eigenvalue weighted by molar-refractivity contribution is 0.445. The summed E-state index contributed by atoms with van der Waals surface area (Å²) in [6.07, 6.45) is 6.64. The Morgan fingerprint density at radius 3 is 2.83 bits per heavy atom. The van der Waals surface area contributed by atoms with Crippen LogP contribution in [0.4, 0.5) is 5.95 Å². The standard InChI is InChI=1S/C20H20ClN9/c1-28-19(14-6-5-10-22-13-14)24-25-20(28)29-11-3-2-9-17(29)18-23-27-30(26-18)16-8-4-7-15(21)12-16/h4-8,10,12-13,17H,2-3,9,11H2,1H3. The van der Waals surface area contributed by atoms with E-state index in [0.29, 0.717) is 10.8 Å². The first-order chi connectivity index (χ1) is 14.7. The van der Waals surface area contributed by atoms with Crippen LogP contribution in [0.1, 0.15) is 31.1 Å². The van der Waals surface area contributed by atoms with Crippen LogP contribution in [0.25, 0.3) is 17.1 Å². The number of halogens is 1. The van der Waals surface area contributed by atoms with Gasteiger partial charge in [-0.1, -0.05) is 17.7 Å². The van der Waals surface area contributed by atoms with Crippen molar-refractivity contribution in [3.05, 3.63) is 59.6 Å². The Kier molecular flexibility index (Phi) is 4.88. The molecular formula is C20H20ClN9. The number of anilines is 1. The number of pyridine rings is 1. The van der Waals surface area contributed by atoms with Crippen molar-refractivity contribution in [2.45, 2.75) is 25.3 Å². The average molecular weight is 422 g/mol. The maximum atomic E-state index is 6.10. The predicted octanol–water partition coefficient (Wildman–Crippen LogP) is 3.24. The number of rotatable bonds is 4. The van der Waals surface area contributed by atoms with Gasteiger partial charge in [0.15, 0.2) is 11.6 Å². The minimum atomic E-state index is -0.0173. The van der Waals surface area contributed by atoms with Crippen LogP contribution in [0, 0.1) is 0 Å². The third-order valence-corrected chi connectivity index (χ3v) is 5.53. The first-order valence-electron chi connectivity index (χ1n) is 9.83. The second kappa shape index (κ2) is 7.83. The molecule has 152 valence electrons. The summed E-state index contributed by atoms with van der Waals surface area (Å²) in [6, 6.07) is 11.3. The van der Waals surface area contributed by atoms with E-state index in [0.717, 1.165) is 48.8 Å². The number of tetrazole rings is 1. The maximum absolute atomic E-state index is 6.10. The van der Waals surface area contributed by atoms with E-state index in [1.54, 1.807) is 12.4 Å². The number of nitrogens with zero attached hydrogens (tertiary/aromatic N) is 9. The van der Waals surface area contributed by atoms with Gasteiger partial charge in [-0.3, -0.25) is 9.55 Å². The molecule has 0 saturated carbocycles. The van der Waals surface area contributed by atoms with Gasteiger partial charge in [-0.15, -0.1) is 25.2 Å². The molecule has 1 aliphatic heterocycles. The second-order valence-corrected chi connectivity index (χ2v) is 7.68. The quantitative estimate of drug-likeness (QED) is 0.499. The van der Waals surface area contributed by atoms with Crippen molar-refractivity contribution in [3.63, 3.8) is 0 Å². The van der Waals surface area contributed by atoms with Gasteiger partial charge in [0.1, 0.15) is 0 Å². The zero-order valence-corrected chi connectivity index (χ0v) is 17.2. The molecule has 1 aromatic carbocycles. The molecule has 9 nitrogen and oxygen atoms in total. The van der Waals surface area contributed by atoms with Crippen molar-refractivity contribution in [3.8, 4) is 17.1 Å². The molecule has 0 N–H and O–H groups in total. The van der Waals surface area contributed by atoms with E-state index in [4.69, 9.17) is 11.6 Å². The fourth-order valence-electron chi connectivity index (χ4n) is 3.83. The molecule has 1 unspecified atom stereocenters. The van der Waals surface area contributed by atoms with E-state index in [9.17, 15) is 0 Å². The smallest absolute Gasteiger partial charge is 0.227 e. The lowest BCUT2D eigenvalue weighted by Crippen LogP contribution is -2.36. The molecule has 0 radical (unpaired) electrons. The zero-order chi connectivity index (χ0) is 20.5. The van der Waals surface area contributed by atoms with Gasteiger partial charge < -0.3 is 4.90 Å². The van der Waals surface area contributed by atoms with Crippen LogP contribution in [0.3, 0.4) is 0 Å². The molecule has 1 saturated heterocycles. The van der Waals surface area contributed by atoms with Crippen LogP contribution in [0.2, 0.25) is 5.02 Å². The number of hydrogen-bond acceptors (Lipinski definition) is 7. The minimum absolute atomic E-state index is 0.0173. The van der Waals surface area contributed by atoms with E-state index in [1.165, 1.54) is 4.80 Å². The molecule has 3 aromatic heterocycles. The Morgan fingerprint density at radius 2 is 2.00 bits per heavy atom. The van der Waals surface area contributed by atoms with Gasteiger partial charge in [0, 0.05) is 36.6 Å². The zero-order valence-electron chi connectivity index (χ0n) is 16.4. The summed E-state index contributed by atoms with van der Waals surface area (Å²) < 4.78 is 2.00. The van der Waals surface area contributed by atoms with Crippen molar-refractivity contribution in [2.75, 3.05) is 11.4 Å². The molecule has 1 atom stereocenters. The second-order valence-electron chi connectivity index (χ2n) is 7.25. The molecule has 0 spiro atoms. The topological polar surface area (TPSA) is 90.4 Å². The van der Waals surface area contributed by atoms with Crippen molar-refractivity contribution >= 4 is 17.5 Å². The number of hydrogen-bond donors (Lipinski definition) is 0. The molecule has 1 aliphatic rings. The van der Waals surface area contributed by atoms with Crippen molar-refractivity contribution in [2.24, 2.45) is 7.05 Å². The number of aromatic nitrogens is 8. The molecule has 0 amide bonds. The van der Waals surface area contributed by atoms with Crippen LogP contribution in [0.15, 0.2) is 48.8 Å². The fraction of sp³-hybridized carbons (Fsp3) is 0.300. The average Bonchev–Trinajstić information content (AvgIpc) is 3.42.